The highest BCUT2D eigenvalue weighted by Crippen LogP contribution is 2.17. The standard InChI is InChI=1S/C16H26N8/c1-3-4-10-24-16(20-21-22-24)11-17-14-6-5-9-23(12-14)15-8-7-13(2)18-19-15/h7-8,14,17H,3-6,9-12H2,1-2H3/t14-/m1/s1. The molecule has 1 atom stereocenters. The summed E-state index contributed by atoms with van der Waals surface area (Å²) in [5.41, 5.74) is 0.948. The number of nitrogens with one attached hydrogen (secondary N) is 1. The van der Waals surface area contributed by atoms with Gasteiger partial charge in [0.25, 0.3) is 0 Å². The van der Waals surface area contributed by atoms with Crippen molar-refractivity contribution in [2.45, 2.75) is 58.7 Å². The Labute approximate surface area is 142 Å². The summed E-state index contributed by atoms with van der Waals surface area (Å²) in [4.78, 5) is 2.30. The number of tetrazole rings is 1. The number of aryl methyl sites for hydroxylation is 2. The van der Waals surface area contributed by atoms with Gasteiger partial charge in [-0.05, 0) is 48.7 Å². The normalized spacial score (nSPS) is 18.1. The van der Waals surface area contributed by atoms with Gasteiger partial charge in [0.2, 0.25) is 0 Å². The first-order valence-electron chi connectivity index (χ1n) is 8.80. The molecule has 8 heteroatoms. The van der Waals surface area contributed by atoms with Crippen LogP contribution in [-0.4, -0.2) is 49.5 Å². The number of unbranched alkanes of at least 4 members (excludes halogenated alkanes) is 1. The second-order valence-corrected chi connectivity index (χ2v) is 6.37. The highest BCUT2D eigenvalue weighted by Gasteiger charge is 2.21. The molecule has 1 saturated heterocycles. The molecule has 1 N–H and O–H groups in total. The second-order valence-electron chi connectivity index (χ2n) is 6.37. The molecule has 2 aromatic heterocycles. The molecule has 0 spiro atoms. The monoisotopic (exact) mass is 330 g/mol. The van der Waals surface area contributed by atoms with Crippen molar-refractivity contribution in [2.75, 3.05) is 18.0 Å². The van der Waals surface area contributed by atoms with E-state index in [4.69, 9.17) is 0 Å². The van der Waals surface area contributed by atoms with Crippen LogP contribution in [0.1, 0.15) is 44.1 Å². The van der Waals surface area contributed by atoms with E-state index < -0.39 is 0 Å². The molecule has 0 bridgehead atoms. The molecular formula is C16H26N8. The Morgan fingerprint density at radius 2 is 2.17 bits per heavy atom. The van der Waals surface area contributed by atoms with Gasteiger partial charge in [0.05, 0.1) is 12.2 Å². The molecular weight excluding hydrogens is 304 g/mol. The number of hydrogen-bond acceptors (Lipinski definition) is 7. The van der Waals surface area contributed by atoms with E-state index in [2.05, 4.69) is 48.9 Å². The van der Waals surface area contributed by atoms with E-state index in [0.29, 0.717) is 12.6 Å². The van der Waals surface area contributed by atoms with E-state index in [1.807, 2.05) is 17.7 Å². The van der Waals surface area contributed by atoms with E-state index in [0.717, 1.165) is 62.7 Å². The SMILES string of the molecule is CCCCn1nnnc1CN[C@@H]1CCCN(c2ccc(C)nn2)C1. The fraction of sp³-hybridized carbons (Fsp3) is 0.688. The Morgan fingerprint density at radius 1 is 1.25 bits per heavy atom. The van der Waals surface area contributed by atoms with Crippen molar-refractivity contribution in [3.8, 4) is 0 Å². The Bertz CT molecular complexity index is 623. The lowest BCUT2D eigenvalue weighted by Gasteiger charge is -2.33. The van der Waals surface area contributed by atoms with Crippen LogP contribution in [0, 0.1) is 6.92 Å². The fourth-order valence-corrected chi connectivity index (χ4v) is 2.98. The third kappa shape index (κ3) is 4.25. The largest absolute Gasteiger partial charge is 0.354 e. The number of nitrogens with zero attached hydrogens (tertiary/aromatic N) is 7. The second kappa shape index (κ2) is 8.14. The van der Waals surface area contributed by atoms with Crippen molar-refractivity contribution in [2.24, 2.45) is 0 Å². The molecule has 3 rings (SSSR count). The molecule has 0 amide bonds. The molecule has 2 aromatic rings. The highest BCUT2D eigenvalue weighted by atomic mass is 15.5. The van der Waals surface area contributed by atoms with Crippen molar-refractivity contribution >= 4 is 5.82 Å². The first-order valence-corrected chi connectivity index (χ1v) is 8.80. The van der Waals surface area contributed by atoms with Gasteiger partial charge in [0.15, 0.2) is 11.6 Å². The zero-order valence-electron chi connectivity index (χ0n) is 14.5. The number of hydrogen-bond donors (Lipinski definition) is 1. The molecule has 24 heavy (non-hydrogen) atoms. The molecule has 0 radical (unpaired) electrons. The summed E-state index contributed by atoms with van der Waals surface area (Å²) < 4.78 is 1.91. The zero-order chi connectivity index (χ0) is 16.8. The minimum atomic E-state index is 0.415. The lowest BCUT2D eigenvalue weighted by atomic mass is 10.1. The summed E-state index contributed by atoms with van der Waals surface area (Å²) in [6.07, 6.45) is 4.55. The number of piperidine rings is 1. The van der Waals surface area contributed by atoms with Crippen molar-refractivity contribution in [3.63, 3.8) is 0 Å². The quantitative estimate of drug-likeness (QED) is 0.820. The highest BCUT2D eigenvalue weighted by molar-refractivity contribution is 5.38. The van der Waals surface area contributed by atoms with Gasteiger partial charge in [-0.15, -0.1) is 10.2 Å². The van der Waals surface area contributed by atoms with Gasteiger partial charge in [-0.25, -0.2) is 4.68 Å². The average Bonchev–Trinajstić information content (AvgIpc) is 3.06. The van der Waals surface area contributed by atoms with Crippen LogP contribution < -0.4 is 10.2 Å². The summed E-state index contributed by atoms with van der Waals surface area (Å²) in [5.74, 6) is 1.87. The van der Waals surface area contributed by atoms with Crippen LogP contribution >= 0.6 is 0 Å². The number of rotatable bonds is 7. The van der Waals surface area contributed by atoms with Crippen LogP contribution in [0.5, 0.6) is 0 Å². The molecule has 3 heterocycles. The van der Waals surface area contributed by atoms with Crippen LogP contribution in [0.2, 0.25) is 0 Å². The topological polar surface area (TPSA) is 84.7 Å². The predicted molar refractivity (Wildman–Crippen MR) is 91.6 cm³/mol. The molecule has 1 aliphatic heterocycles. The van der Waals surface area contributed by atoms with Gasteiger partial charge in [-0.1, -0.05) is 13.3 Å². The maximum atomic E-state index is 4.31. The molecule has 1 fully saturated rings. The lowest BCUT2D eigenvalue weighted by Crippen LogP contribution is -2.46. The summed E-state index contributed by atoms with van der Waals surface area (Å²) >= 11 is 0. The van der Waals surface area contributed by atoms with Crippen LogP contribution in [-0.2, 0) is 13.1 Å². The van der Waals surface area contributed by atoms with Gasteiger partial charge in [-0.3, -0.25) is 0 Å². The van der Waals surface area contributed by atoms with E-state index >= 15 is 0 Å². The Hall–Kier alpha value is -2.09. The van der Waals surface area contributed by atoms with Crippen molar-refractivity contribution in [1.82, 2.24) is 35.7 Å². The third-order valence-corrected chi connectivity index (χ3v) is 4.41. The van der Waals surface area contributed by atoms with Gasteiger partial charge in [0, 0.05) is 25.7 Å². The fourth-order valence-electron chi connectivity index (χ4n) is 2.98. The van der Waals surface area contributed by atoms with Crippen LogP contribution in [0.15, 0.2) is 12.1 Å². The average molecular weight is 330 g/mol. The molecule has 130 valence electrons. The van der Waals surface area contributed by atoms with Crippen LogP contribution in [0.25, 0.3) is 0 Å². The van der Waals surface area contributed by atoms with Gasteiger partial charge in [-0.2, -0.15) is 5.10 Å². The predicted octanol–water partition coefficient (Wildman–Crippen LogP) is 1.33. The molecule has 0 saturated carbocycles. The van der Waals surface area contributed by atoms with Crippen molar-refractivity contribution < 1.29 is 0 Å². The van der Waals surface area contributed by atoms with E-state index in [9.17, 15) is 0 Å². The molecule has 1 aliphatic rings. The first-order chi connectivity index (χ1) is 11.8. The van der Waals surface area contributed by atoms with Crippen molar-refractivity contribution in [3.05, 3.63) is 23.7 Å². The number of aromatic nitrogens is 6. The third-order valence-electron chi connectivity index (χ3n) is 4.41. The summed E-state index contributed by atoms with van der Waals surface area (Å²) in [6.45, 7) is 7.69. The van der Waals surface area contributed by atoms with Crippen molar-refractivity contribution in [1.29, 1.82) is 0 Å². The lowest BCUT2D eigenvalue weighted by molar-refractivity contribution is 0.407. The van der Waals surface area contributed by atoms with Gasteiger partial charge >= 0.3 is 0 Å². The minimum absolute atomic E-state index is 0.415. The summed E-state index contributed by atoms with van der Waals surface area (Å²) in [7, 11) is 0. The molecule has 8 nitrogen and oxygen atoms in total. The molecule has 0 aliphatic carbocycles. The van der Waals surface area contributed by atoms with Crippen LogP contribution in [0.4, 0.5) is 5.82 Å². The summed E-state index contributed by atoms with van der Waals surface area (Å²) in [6, 6.07) is 4.48. The Kier molecular flexibility index (Phi) is 5.68. The first kappa shape index (κ1) is 16.8. The molecule has 0 unspecified atom stereocenters. The molecule has 0 aromatic carbocycles. The Morgan fingerprint density at radius 3 is 2.96 bits per heavy atom. The van der Waals surface area contributed by atoms with Crippen LogP contribution in [0.3, 0.4) is 0 Å². The van der Waals surface area contributed by atoms with E-state index in [1.54, 1.807) is 0 Å². The number of anilines is 1. The zero-order valence-corrected chi connectivity index (χ0v) is 14.5. The Balaban J connectivity index is 1.54. The van der Waals surface area contributed by atoms with E-state index in [-0.39, 0.29) is 0 Å². The van der Waals surface area contributed by atoms with E-state index in [1.165, 1.54) is 0 Å². The van der Waals surface area contributed by atoms with Gasteiger partial charge in [0.1, 0.15) is 0 Å². The minimum Gasteiger partial charge on any atom is -0.354 e. The maximum absolute atomic E-state index is 4.31. The maximum Gasteiger partial charge on any atom is 0.165 e. The van der Waals surface area contributed by atoms with Gasteiger partial charge < -0.3 is 10.2 Å². The smallest absolute Gasteiger partial charge is 0.165 e. The summed E-state index contributed by atoms with van der Waals surface area (Å²) in [5, 5.41) is 24.1.